The maximum atomic E-state index is 13.3. The van der Waals surface area contributed by atoms with Gasteiger partial charge < -0.3 is 9.72 Å². The summed E-state index contributed by atoms with van der Waals surface area (Å²) in [5.41, 5.74) is 1.88. The van der Waals surface area contributed by atoms with Crippen molar-refractivity contribution in [2.24, 2.45) is 17.3 Å². The third-order valence-corrected chi connectivity index (χ3v) is 7.27. The van der Waals surface area contributed by atoms with Gasteiger partial charge in [0, 0.05) is 22.8 Å². The zero-order valence-electron chi connectivity index (χ0n) is 18.9. The number of ether oxygens (including phenoxy) is 1. The molecule has 3 aromatic heterocycles. The molecule has 0 saturated heterocycles. The van der Waals surface area contributed by atoms with Crippen molar-refractivity contribution in [1.29, 1.82) is 0 Å². The number of rotatable bonds is 5. The lowest BCUT2D eigenvalue weighted by Gasteiger charge is -2.33. The number of fused-ring (bicyclic) bond motifs is 3. The molecule has 0 amide bonds. The molecule has 1 N–H and O–H groups in total. The Kier molecular flexibility index (Phi) is 5.81. The van der Waals surface area contributed by atoms with Crippen LogP contribution in [0.2, 0.25) is 0 Å². The third-order valence-electron chi connectivity index (χ3n) is 6.11. The van der Waals surface area contributed by atoms with E-state index in [1.807, 2.05) is 13.8 Å². The van der Waals surface area contributed by atoms with Crippen LogP contribution in [0, 0.1) is 17.3 Å². The fraction of sp³-hybridized carbons (Fsp3) is 0.542. The minimum absolute atomic E-state index is 0.0299. The summed E-state index contributed by atoms with van der Waals surface area (Å²) in [7, 11) is 0. The Morgan fingerprint density at radius 1 is 1.32 bits per heavy atom. The Hall–Kier alpha value is -2.41. The van der Waals surface area contributed by atoms with Crippen LogP contribution >= 0.6 is 11.3 Å². The minimum Gasteiger partial charge on any atom is -0.488 e. The summed E-state index contributed by atoms with van der Waals surface area (Å²) in [6.07, 6.45) is 6.22. The molecule has 0 aliphatic heterocycles. The normalized spacial score (nSPS) is 16.6. The Labute approximate surface area is 186 Å². The maximum absolute atomic E-state index is 13.3. The molecule has 0 aromatic carbocycles. The van der Waals surface area contributed by atoms with Crippen LogP contribution in [0.1, 0.15) is 57.2 Å². The summed E-state index contributed by atoms with van der Waals surface area (Å²) in [6.45, 7) is 11.7. The summed E-state index contributed by atoms with van der Waals surface area (Å²) >= 11 is 1.66. The second-order valence-electron chi connectivity index (χ2n) is 10.1. The standard InChI is InChI=1S/C24H31N3O3S/c1-14(2)12-30-19-10-25-16(9-18(19)28)11-27-13-26-22-21(23(27)29)17-7-6-15(24(3,4)5)8-20(17)31-22/h9-10,13-15H,6-8,11-12H2,1-5H3,(H,25,28). The van der Waals surface area contributed by atoms with Crippen molar-refractivity contribution in [3.05, 3.63) is 55.3 Å². The highest BCUT2D eigenvalue weighted by atomic mass is 32.1. The Morgan fingerprint density at radius 3 is 2.77 bits per heavy atom. The number of thiophene rings is 1. The van der Waals surface area contributed by atoms with Crippen LogP contribution in [0.4, 0.5) is 0 Å². The monoisotopic (exact) mass is 441 g/mol. The van der Waals surface area contributed by atoms with Gasteiger partial charge in [-0.05, 0) is 42.1 Å². The van der Waals surface area contributed by atoms with Gasteiger partial charge in [0.2, 0.25) is 5.43 Å². The maximum Gasteiger partial charge on any atom is 0.262 e. The zero-order chi connectivity index (χ0) is 22.3. The van der Waals surface area contributed by atoms with E-state index in [0.717, 1.165) is 29.5 Å². The number of nitrogens with one attached hydrogen (secondary N) is 1. The predicted molar refractivity (Wildman–Crippen MR) is 125 cm³/mol. The first-order chi connectivity index (χ1) is 14.6. The largest absolute Gasteiger partial charge is 0.488 e. The number of aromatic nitrogens is 3. The lowest BCUT2D eigenvalue weighted by molar-refractivity contribution is 0.218. The van der Waals surface area contributed by atoms with E-state index in [2.05, 4.69) is 30.7 Å². The lowest BCUT2D eigenvalue weighted by atomic mass is 9.72. The molecule has 7 heteroatoms. The molecule has 31 heavy (non-hydrogen) atoms. The van der Waals surface area contributed by atoms with E-state index < -0.39 is 0 Å². The van der Waals surface area contributed by atoms with Crippen molar-refractivity contribution in [2.75, 3.05) is 6.61 Å². The fourth-order valence-corrected chi connectivity index (χ4v) is 5.46. The Balaban J connectivity index is 1.62. The smallest absolute Gasteiger partial charge is 0.262 e. The fourth-order valence-electron chi connectivity index (χ4n) is 4.20. The van der Waals surface area contributed by atoms with Crippen molar-refractivity contribution < 1.29 is 4.74 Å². The highest BCUT2D eigenvalue weighted by Gasteiger charge is 2.31. The molecule has 0 spiro atoms. The molecule has 1 unspecified atom stereocenters. The molecule has 0 fully saturated rings. The van der Waals surface area contributed by atoms with E-state index >= 15 is 0 Å². The highest BCUT2D eigenvalue weighted by molar-refractivity contribution is 7.18. The number of hydrogen-bond acceptors (Lipinski definition) is 5. The topological polar surface area (TPSA) is 77.0 Å². The Bertz CT molecular complexity index is 1210. The van der Waals surface area contributed by atoms with Gasteiger partial charge in [-0.1, -0.05) is 34.6 Å². The van der Waals surface area contributed by atoms with Crippen molar-refractivity contribution in [2.45, 2.75) is 60.4 Å². The third kappa shape index (κ3) is 4.47. The SMILES string of the molecule is CC(C)COc1c[nH]c(Cn2cnc3sc4c(c3c2=O)CCC(C(C)(C)C)C4)cc1=O. The first-order valence-electron chi connectivity index (χ1n) is 11.0. The molecule has 0 bridgehead atoms. The van der Waals surface area contributed by atoms with Crippen LogP contribution in [0.3, 0.4) is 0 Å². The van der Waals surface area contributed by atoms with E-state index in [-0.39, 0.29) is 22.9 Å². The molecule has 6 nitrogen and oxygen atoms in total. The number of pyridine rings is 1. The van der Waals surface area contributed by atoms with Gasteiger partial charge in [0.05, 0.1) is 24.9 Å². The minimum atomic E-state index is -0.183. The summed E-state index contributed by atoms with van der Waals surface area (Å²) in [5.74, 6) is 1.26. The number of aromatic amines is 1. The first-order valence-corrected chi connectivity index (χ1v) is 11.8. The van der Waals surface area contributed by atoms with Crippen LogP contribution in [-0.4, -0.2) is 21.1 Å². The van der Waals surface area contributed by atoms with Crippen LogP contribution in [0.5, 0.6) is 5.75 Å². The number of nitrogens with zero attached hydrogens (tertiary/aromatic N) is 2. The van der Waals surface area contributed by atoms with Crippen molar-refractivity contribution in [3.63, 3.8) is 0 Å². The van der Waals surface area contributed by atoms with Crippen molar-refractivity contribution >= 4 is 21.6 Å². The predicted octanol–water partition coefficient (Wildman–Crippen LogP) is 4.38. The van der Waals surface area contributed by atoms with Gasteiger partial charge in [-0.2, -0.15) is 0 Å². The molecule has 4 rings (SSSR count). The summed E-state index contributed by atoms with van der Waals surface area (Å²) < 4.78 is 7.13. The first kappa shape index (κ1) is 21.8. The molecule has 166 valence electrons. The molecular weight excluding hydrogens is 410 g/mol. The van der Waals surface area contributed by atoms with E-state index in [4.69, 9.17) is 4.74 Å². The summed E-state index contributed by atoms with van der Waals surface area (Å²) in [5, 5.41) is 0.758. The van der Waals surface area contributed by atoms with E-state index in [9.17, 15) is 9.59 Å². The van der Waals surface area contributed by atoms with Gasteiger partial charge in [0.25, 0.3) is 5.56 Å². The van der Waals surface area contributed by atoms with Gasteiger partial charge >= 0.3 is 0 Å². The lowest BCUT2D eigenvalue weighted by Crippen LogP contribution is -2.27. The van der Waals surface area contributed by atoms with Crippen LogP contribution < -0.4 is 15.7 Å². The average molecular weight is 442 g/mol. The van der Waals surface area contributed by atoms with Crippen molar-refractivity contribution in [1.82, 2.24) is 14.5 Å². The van der Waals surface area contributed by atoms with Gasteiger partial charge in [0.1, 0.15) is 4.83 Å². The number of hydrogen-bond donors (Lipinski definition) is 1. The summed E-state index contributed by atoms with van der Waals surface area (Å²) in [6, 6.07) is 1.50. The molecular formula is C24H31N3O3S. The van der Waals surface area contributed by atoms with E-state index in [1.54, 1.807) is 28.4 Å². The highest BCUT2D eigenvalue weighted by Crippen LogP contribution is 2.41. The van der Waals surface area contributed by atoms with Crippen molar-refractivity contribution in [3.8, 4) is 5.75 Å². The van der Waals surface area contributed by atoms with Crippen LogP contribution in [-0.2, 0) is 19.4 Å². The molecule has 1 atom stereocenters. The second kappa shape index (κ2) is 8.26. The molecule has 0 saturated carbocycles. The number of aryl methyl sites for hydroxylation is 1. The zero-order valence-corrected chi connectivity index (χ0v) is 19.8. The quantitative estimate of drug-likeness (QED) is 0.637. The van der Waals surface area contributed by atoms with Gasteiger partial charge in [-0.25, -0.2) is 4.98 Å². The molecule has 3 heterocycles. The summed E-state index contributed by atoms with van der Waals surface area (Å²) in [4.78, 5) is 35.5. The second-order valence-corrected chi connectivity index (χ2v) is 11.1. The average Bonchev–Trinajstić information content (AvgIpc) is 3.07. The van der Waals surface area contributed by atoms with E-state index in [0.29, 0.717) is 29.9 Å². The van der Waals surface area contributed by atoms with Crippen LogP contribution in [0.25, 0.3) is 10.2 Å². The van der Waals surface area contributed by atoms with Crippen LogP contribution in [0.15, 0.2) is 28.2 Å². The molecule has 0 radical (unpaired) electrons. The van der Waals surface area contributed by atoms with Gasteiger partial charge in [-0.3, -0.25) is 14.2 Å². The van der Waals surface area contributed by atoms with E-state index in [1.165, 1.54) is 16.5 Å². The number of H-pyrrole nitrogens is 1. The Morgan fingerprint density at radius 2 is 2.10 bits per heavy atom. The van der Waals surface area contributed by atoms with Gasteiger partial charge in [0.15, 0.2) is 5.75 Å². The molecule has 1 aliphatic rings. The van der Waals surface area contributed by atoms with Gasteiger partial charge in [-0.15, -0.1) is 11.3 Å². The molecule has 1 aliphatic carbocycles. The molecule has 3 aromatic rings.